The summed E-state index contributed by atoms with van der Waals surface area (Å²) in [6, 6.07) is 77.4. The Kier molecular flexibility index (Phi) is 6.93. The summed E-state index contributed by atoms with van der Waals surface area (Å²) in [7, 11) is 0. The average Bonchev–Trinajstić information content (AvgIpc) is 3.92. The molecule has 0 N–H and O–H groups in total. The van der Waals surface area contributed by atoms with Crippen LogP contribution >= 0.6 is 0 Å². The highest BCUT2D eigenvalue weighted by Crippen LogP contribution is 2.41. The molecule has 0 spiro atoms. The first-order valence-electron chi connectivity index (χ1n) is 19.6. The second kappa shape index (κ2) is 12.5. The maximum Gasteiger partial charge on any atom is 0.0562 e. The number of hydrogen-bond donors (Lipinski definition) is 0. The number of aromatic nitrogens is 3. The monoisotopic (exact) mass is 725 g/mol. The van der Waals surface area contributed by atoms with Crippen molar-refractivity contribution >= 4 is 65.4 Å². The van der Waals surface area contributed by atoms with E-state index in [0.717, 1.165) is 11.4 Å². The zero-order valence-electron chi connectivity index (χ0n) is 31.0. The zero-order valence-corrected chi connectivity index (χ0v) is 31.0. The van der Waals surface area contributed by atoms with E-state index < -0.39 is 0 Å². The van der Waals surface area contributed by atoms with E-state index in [1.807, 2.05) is 0 Å². The minimum absolute atomic E-state index is 1.14. The van der Waals surface area contributed by atoms with Crippen molar-refractivity contribution in [2.24, 2.45) is 0 Å². The molecule has 0 radical (unpaired) electrons. The third-order valence-electron chi connectivity index (χ3n) is 11.8. The minimum atomic E-state index is 1.14. The summed E-state index contributed by atoms with van der Waals surface area (Å²) in [5, 5.41) is 7.48. The molecule has 3 nitrogen and oxygen atoms in total. The van der Waals surface area contributed by atoms with Gasteiger partial charge in [-0.05, 0) is 89.0 Å². The Morgan fingerprint density at radius 1 is 0.228 bits per heavy atom. The Bertz CT molecular complexity index is 3450. The molecule has 0 amide bonds. The third kappa shape index (κ3) is 4.79. The van der Waals surface area contributed by atoms with Gasteiger partial charge in [0.15, 0.2) is 0 Å². The van der Waals surface area contributed by atoms with Gasteiger partial charge in [0.1, 0.15) is 0 Å². The van der Waals surface area contributed by atoms with E-state index in [9.17, 15) is 0 Å². The molecule has 0 bridgehead atoms. The van der Waals surface area contributed by atoms with Gasteiger partial charge in [-0.3, -0.25) is 0 Å². The predicted octanol–water partition coefficient (Wildman–Crippen LogP) is 14.3. The highest BCUT2D eigenvalue weighted by atomic mass is 15.0. The van der Waals surface area contributed by atoms with Crippen LogP contribution in [0.25, 0.3) is 105 Å². The van der Waals surface area contributed by atoms with Gasteiger partial charge in [0, 0.05) is 43.7 Å². The van der Waals surface area contributed by atoms with Crippen LogP contribution in [0.2, 0.25) is 0 Å². The summed E-state index contributed by atoms with van der Waals surface area (Å²) in [5.41, 5.74) is 15.5. The lowest BCUT2D eigenvalue weighted by atomic mass is 10.00. The first-order valence-corrected chi connectivity index (χ1v) is 19.6. The van der Waals surface area contributed by atoms with Crippen LogP contribution in [-0.2, 0) is 0 Å². The highest BCUT2D eigenvalue weighted by Gasteiger charge is 2.20. The summed E-state index contributed by atoms with van der Waals surface area (Å²) in [6.07, 6.45) is 0. The van der Waals surface area contributed by atoms with E-state index in [4.69, 9.17) is 0 Å². The molecular weight excluding hydrogens is 691 g/mol. The maximum atomic E-state index is 2.45. The van der Waals surface area contributed by atoms with Crippen molar-refractivity contribution in [1.82, 2.24) is 13.7 Å². The van der Waals surface area contributed by atoms with Crippen molar-refractivity contribution in [3.05, 3.63) is 212 Å². The summed E-state index contributed by atoms with van der Waals surface area (Å²) >= 11 is 0. The largest absolute Gasteiger partial charge is 0.309 e. The van der Waals surface area contributed by atoms with Gasteiger partial charge in [-0.25, -0.2) is 0 Å². The molecule has 3 aromatic heterocycles. The summed E-state index contributed by atoms with van der Waals surface area (Å²) < 4.78 is 7.32. The van der Waals surface area contributed by atoms with Crippen LogP contribution in [0.15, 0.2) is 212 Å². The van der Waals surface area contributed by atoms with E-state index >= 15 is 0 Å². The van der Waals surface area contributed by atoms with E-state index in [2.05, 4.69) is 226 Å². The summed E-state index contributed by atoms with van der Waals surface area (Å²) in [6.45, 7) is 0. The van der Waals surface area contributed by atoms with Gasteiger partial charge in [0.05, 0.1) is 38.8 Å². The Labute approximate surface area is 329 Å². The lowest BCUT2D eigenvalue weighted by Gasteiger charge is -2.13. The third-order valence-corrected chi connectivity index (χ3v) is 11.8. The Morgan fingerprint density at radius 2 is 0.667 bits per heavy atom. The molecule has 0 saturated carbocycles. The van der Waals surface area contributed by atoms with Crippen molar-refractivity contribution in [2.75, 3.05) is 0 Å². The molecule has 0 aliphatic rings. The molecule has 3 heteroatoms. The normalized spacial score (nSPS) is 11.9. The van der Waals surface area contributed by atoms with Crippen molar-refractivity contribution in [2.45, 2.75) is 0 Å². The van der Waals surface area contributed by atoms with Crippen LogP contribution in [0.3, 0.4) is 0 Å². The van der Waals surface area contributed by atoms with Crippen LogP contribution in [-0.4, -0.2) is 13.7 Å². The minimum Gasteiger partial charge on any atom is -0.309 e. The van der Waals surface area contributed by atoms with Crippen molar-refractivity contribution in [3.63, 3.8) is 0 Å². The lowest BCUT2D eigenvalue weighted by molar-refractivity contribution is 1.16. The van der Waals surface area contributed by atoms with Gasteiger partial charge >= 0.3 is 0 Å². The van der Waals surface area contributed by atoms with E-state index in [0.29, 0.717) is 0 Å². The average molecular weight is 726 g/mol. The van der Waals surface area contributed by atoms with Crippen LogP contribution in [0, 0.1) is 0 Å². The lowest BCUT2D eigenvalue weighted by Crippen LogP contribution is -1.97. The van der Waals surface area contributed by atoms with Crippen LogP contribution in [0.4, 0.5) is 0 Å². The second-order valence-corrected chi connectivity index (χ2v) is 14.9. The van der Waals surface area contributed by atoms with Gasteiger partial charge in [-0.15, -0.1) is 0 Å². The molecule has 0 saturated heterocycles. The highest BCUT2D eigenvalue weighted by molar-refractivity contribution is 6.17. The molecular formula is C54H35N3. The molecule has 12 aromatic rings. The molecule has 12 rings (SSSR count). The molecule has 9 aromatic carbocycles. The smallest absolute Gasteiger partial charge is 0.0562 e. The number of para-hydroxylation sites is 4. The Hall–Kier alpha value is -7.62. The van der Waals surface area contributed by atoms with Gasteiger partial charge in [-0.2, -0.15) is 0 Å². The van der Waals surface area contributed by atoms with Gasteiger partial charge in [0.2, 0.25) is 0 Å². The van der Waals surface area contributed by atoms with E-state index in [-0.39, 0.29) is 0 Å². The molecule has 57 heavy (non-hydrogen) atoms. The van der Waals surface area contributed by atoms with E-state index in [1.165, 1.54) is 93.4 Å². The zero-order chi connectivity index (χ0) is 37.5. The summed E-state index contributed by atoms with van der Waals surface area (Å²) in [5.74, 6) is 0. The molecule has 0 atom stereocenters. The molecule has 0 aliphatic carbocycles. The topological polar surface area (TPSA) is 14.8 Å². The van der Waals surface area contributed by atoms with Gasteiger partial charge < -0.3 is 13.7 Å². The fraction of sp³-hybridized carbons (Fsp3) is 0. The number of nitrogens with zero attached hydrogens (tertiary/aromatic N) is 3. The standard InChI is InChI=1S/C54H35N3/c1-2-14-36(15-3-1)37-28-30-38(31-29-37)39-16-12-17-40(34-39)55-47-22-8-6-20-44(47)46-35-41(32-33-51(46)55)56-50-25-11-7-21-45(50)54-52(56)26-13-27-53(54)57-48-23-9-4-18-42(48)43-19-5-10-24-49(43)57/h1-35H. The quantitative estimate of drug-likeness (QED) is 0.168. The van der Waals surface area contributed by atoms with Crippen LogP contribution < -0.4 is 0 Å². The molecule has 266 valence electrons. The predicted molar refractivity (Wildman–Crippen MR) is 240 cm³/mol. The first-order chi connectivity index (χ1) is 28.3. The van der Waals surface area contributed by atoms with Crippen molar-refractivity contribution < 1.29 is 0 Å². The molecule has 0 aliphatic heterocycles. The van der Waals surface area contributed by atoms with Gasteiger partial charge in [-0.1, -0.05) is 146 Å². The number of hydrogen-bond acceptors (Lipinski definition) is 0. The fourth-order valence-electron chi connectivity index (χ4n) is 9.34. The Morgan fingerprint density at radius 3 is 1.35 bits per heavy atom. The Balaban J connectivity index is 1.04. The van der Waals surface area contributed by atoms with E-state index in [1.54, 1.807) is 0 Å². The van der Waals surface area contributed by atoms with Crippen LogP contribution in [0.1, 0.15) is 0 Å². The van der Waals surface area contributed by atoms with Crippen molar-refractivity contribution in [3.8, 4) is 39.3 Å². The molecule has 0 unspecified atom stereocenters. The van der Waals surface area contributed by atoms with Crippen LogP contribution in [0.5, 0.6) is 0 Å². The SMILES string of the molecule is c1ccc(-c2ccc(-c3cccc(-n4c5ccccc5c5cc(-n6c7ccccc7c7c(-n8c9ccccc9c9ccccc98)cccc76)ccc54)c3)cc2)cc1. The number of rotatable bonds is 5. The first kappa shape index (κ1) is 31.7. The second-order valence-electron chi connectivity index (χ2n) is 14.9. The van der Waals surface area contributed by atoms with Crippen molar-refractivity contribution in [1.29, 1.82) is 0 Å². The number of fused-ring (bicyclic) bond motifs is 9. The number of benzene rings is 9. The summed E-state index contributed by atoms with van der Waals surface area (Å²) in [4.78, 5) is 0. The maximum absolute atomic E-state index is 2.45. The van der Waals surface area contributed by atoms with Gasteiger partial charge in [0.25, 0.3) is 0 Å². The molecule has 3 heterocycles. The molecule has 0 fully saturated rings. The fourth-order valence-corrected chi connectivity index (χ4v) is 9.34.